The van der Waals surface area contributed by atoms with E-state index in [9.17, 15) is 5.26 Å². The van der Waals surface area contributed by atoms with Crippen LogP contribution < -0.4 is 0 Å². The van der Waals surface area contributed by atoms with Crippen LogP contribution in [-0.4, -0.2) is 18.9 Å². The van der Waals surface area contributed by atoms with Crippen LogP contribution in [0.5, 0.6) is 0 Å². The van der Waals surface area contributed by atoms with Crippen molar-refractivity contribution in [3.63, 3.8) is 0 Å². The summed E-state index contributed by atoms with van der Waals surface area (Å²) in [5, 5.41) is 12.9. The molecule has 6 aromatic carbocycles. The molecule has 0 aliphatic carbocycles. The first-order valence-electron chi connectivity index (χ1n) is 15.5. The first-order chi connectivity index (χ1) is 23.2. The molecule has 6 nitrogen and oxygen atoms in total. The molecule has 0 saturated carbocycles. The van der Waals surface area contributed by atoms with Gasteiger partial charge in [0.05, 0.1) is 39.4 Å². The van der Waals surface area contributed by atoms with Gasteiger partial charge in [0, 0.05) is 27.4 Å². The normalized spacial score (nSPS) is 11.8. The van der Waals surface area contributed by atoms with Crippen molar-refractivity contribution in [2.75, 3.05) is 0 Å². The molecule has 0 spiro atoms. The molecule has 0 unspecified atom stereocenters. The lowest BCUT2D eigenvalue weighted by Crippen LogP contribution is -1.93. The second-order valence-corrected chi connectivity index (χ2v) is 11.8. The number of para-hydroxylation sites is 4. The van der Waals surface area contributed by atoms with Crippen molar-refractivity contribution < 1.29 is 4.42 Å². The Morgan fingerprint density at radius 2 is 1.32 bits per heavy atom. The molecule has 0 radical (unpaired) electrons. The molecule has 10 rings (SSSR count). The third-order valence-electron chi connectivity index (χ3n) is 9.15. The number of nitriles is 1. The van der Waals surface area contributed by atoms with Crippen molar-refractivity contribution in [3.8, 4) is 34.1 Å². The summed E-state index contributed by atoms with van der Waals surface area (Å²) in [6.45, 7) is 0. The van der Waals surface area contributed by atoms with Gasteiger partial charge in [0.15, 0.2) is 5.58 Å². The van der Waals surface area contributed by atoms with Gasteiger partial charge in [-0.3, -0.25) is 4.40 Å². The van der Waals surface area contributed by atoms with Crippen molar-refractivity contribution in [2.45, 2.75) is 0 Å². The Labute approximate surface area is 268 Å². The van der Waals surface area contributed by atoms with E-state index in [4.69, 9.17) is 14.4 Å². The maximum Gasteiger partial charge on any atom is 0.307 e. The van der Waals surface area contributed by atoms with Crippen LogP contribution in [-0.2, 0) is 0 Å². The fourth-order valence-electron chi connectivity index (χ4n) is 7.04. The van der Waals surface area contributed by atoms with E-state index in [1.165, 1.54) is 0 Å². The topological polar surface area (TPSA) is 72.1 Å². The van der Waals surface area contributed by atoms with Crippen LogP contribution in [0.25, 0.3) is 88.8 Å². The van der Waals surface area contributed by atoms with E-state index < -0.39 is 0 Å². The minimum Gasteiger partial charge on any atom is -0.423 e. The van der Waals surface area contributed by atoms with Crippen molar-refractivity contribution in [2.24, 2.45) is 0 Å². The fourth-order valence-corrected chi connectivity index (χ4v) is 7.04. The fraction of sp³-hybridized carbons (Fsp3) is 0. The number of fused-ring (bicyclic) bond motifs is 10. The summed E-state index contributed by atoms with van der Waals surface area (Å²) in [6, 6.07) is 49.9. The molecule has 47 heavy (non-hydrogen) atoms. The van der Waals surface area contributed by atoms with Gasteiger partial charge >= 0.3 is 5.84 Å². The lowest BCUT2D eigenvalue weighted by atomic mass is 9.98. The standard InChI is InChI=1S/C41H23N5O/c42-24-25-17-19-34-31(21-25)32-23-27(18-20-35(32)45(34)29-11-2-1-3-12-29)26-9-8-10-28(22-26)38-40-39(30-13-4-5-14-33(30)43-38)44-41-46(40)36-15-6-7-16-37(36)47-41/h1-23H. The Bertz CT molecular complexity index is 2920. The summed E-state index contributed by atoms with van der Waals surface area (Å²) in [6.07, 6.45) is 0. The summed E-state index contributed by atoms with van der Waals surface area (Å²) in [5.74, 6) is 0.550. The molecule has 6 heteroatoms. The number of benzene rings is 6. The Kier molecular flexibility index (Phi) is 5.25. The van der Waals surface area contributed by atoms with Gasteiger partial charge in [-0.15, -0.1) is 0 Å². The monoisotopic (exact) mass is 601 g/mol. The first-order valence-corrected chi connectivity index (χ1v) is 15.5. The summed E-state index contributed by atoms with van der Waals surface area (Å²) in [5.41, 5.74) is 12.3. The smallest absolute Gasteiger partial charge is 0.307 e. The highest BCUT2D eigenvalue weighted by atomic mass is 16.4. The molecule has 0 saturated heterocycles. The van der Waals surface area contributed by atoms with E-state index in [0.29, 0.717) is 11.4 Å². The molecular formula is C41H23N5O. The van der Waals surface area contributed by atoms with E-state index in [1.807, 2.05) is 60.7 Å². The van der Waals surface area contributed by atoms with Gasteiger partial charge in [-0.05, 0) is 77.9 Å². The van der Waals surface area contributed by atoms with Gasteiger partial charge in [0.2, 0.25) is 0 Å². The Morgan fingerprint density at radius 1 is 0.574 bits per heavy atom. The molecular weight excluding hydrogens is 578 g/mol. The number of hydrogen-bond acceptors (Lipinski definition) is 4. The maximum absolute atomic E-state index is 9.73. The van der Waals surface area contributed by atoms with Crippen molar-refractivity contribution in [3.05, 3.63) is 145 Å². The van der Waals surface area contributed by atoms with Crippen molar-refractivity contribution >= 4 is 60.7 Å². The average molecular weight is 602 g/mol. The lowest BCUT2D eigenvalue weighted by Gasteiger charge is -2.10. The Morgan fingerprint density at radius 3 is 2.21 bits per heavy atom. The van der Waals surface area contributed by atoms with E-state index in [1.54, 1.807) is 0 Å². The average Bonchev–Trinajstić information content (AvgIpc) is 3.79. The van der Waals surface area contributed by atoms with E-state index in [2.05, 4.69) is 93.9 Å². The Hall–Kier alpha value is -6.71. The third kappa shape index (κ3) is 3.71. The third-order valence-corrected chi connectivity index (χ3v) is 9.15. The number of aromatic nitrogens is 4. The van der Waals surface area contributed by atoms with Crippen molar-refractivity contribution in [1.29, 1.82) is 5.26 Å². The lowest BCUT2D eigenvalue weighted by molar-refractivity contribution is 0.643. The number of nitrogens with zero attached hydrogens (tertiary/aromatic N) is 5. The molecule has 218 valence electrons. The molecule has 10 aromatic rings. The van der Waals surface area contributed by atoms with E-state index in [0.717, 1.165) is 82.9 Å². The molecule has 0 aliphatic heterocycles. The number of imidazole rings is 1. The van der Waals surface area contributed by atoms with E-state index in [-0.39, 0.29) is 0 Å². The van der Waals surface area contributed by atoms with Gasteiger partial charge < -0.3 is 8.98 Å². The van der Waals surface area contributed by atoms with E-state index >= 15 is 0 Å². The number of oxazole rings is 1. The highest BCUT2D eigenvalue weighted by Crippen LogP contribution is 2.39. The second kappa shape index (κ2) is 9.64. The first kappa shape index (κ1) is 25.6. The van der Waals surface area contributed by atoms with Crippen LogP contribution in [0, 0.1) is 11.3 Å². The molecule has 0 N–H and O–H groups in total. The van der Waals surface area contributed by atoms with Gasteiger partial charge in [-0.2, -0.15) is 10.2 Å². The molecule has 0 atom stereocenters. The molecule has 4 heterocycles. The number of rotatable bonds is 3. The van der Waals surface area contributed by atoms with Crippen LogP contribution in [0.15, 0.2) is 144 Å². The number of hydrogen-bond donors (Lipinski definition) is 0. The Balaban J connectivity index is 1.21. The minimum atomic E-state index is 0.550. The van der Waals surface area contributed by atoms with Gasteiger partial charge in [0.25, 0.3) is 0 Å². The van der Waals surface area contributed by atoms with Gasteiger partial charge in [-0.1, -0.05) is 72.8 Å². The zero-order valence-corrected chi connectivity index (χ0v) is 24.9. The SMILES string of the molecule is N#Cc1ccc2c(c1)c1cc(-c3cccc(-c4nc5ccccc5c5nc6oc7ccccc7n6c45)c3)ccc1n2-c1ccccc1. The van der Waals surface area contributed by atoms with Crippen molar-refractivity contribution in [1.82, 2.24) is 18.9 Å². The predicted octanol–water partition coefficient (Wildman–Crippen LogP) is 10.1. The molecule has 4 aromatic heterocycles. The molecule has 0 amide bonds. The van der Waals surface area contributed by atoms with Crippen LogP contribution in [0.1, 0.15) is 5.56 Å². The van der Waals surface area contributed by atoms with Gasteiger partial charge in [0.1, 0.15) is 11.0 Å². The summed E-state index contributed by atoms with van der Waals surface area (Å²) >= 11 is 0. The van der Waals surface area contributed by atoms with Crippen LogP contribution in [0.4, 0.5) is 0 Å². The summed E-state index contributed by atoms with van der Waals surface area (Å²) in [7, 11) is 0. The quantitative estimate of drug-likeness (QED) is 0.202. The minimum absolute atomic E-state index is 0.550. The van der Waals surface area contributed by atoms with Crippen LogP contribution >= 0.6 is 0 Å². The molecule has 0 aliphatic rings. The predicted molar refractivity (Wildman–Crippen MR) is 188 cm³/mol. The largest absolute Gasteiger partial charge is 0.423 e. The zero-order chi connectivity index (χ0) is 31.1. The maximum atomic E-state index is 9.73. The highest BCUT2D eigenvalue weighted by Gasteiger charge is 2.21. The zero-order valence-electron chi connectivity index (χ0n) is 24.9. The van der Waals surface area contributed by atoms with Crippen LogP contribution in [0.2, 0.25) is 0 Å². The second-order valence-electron chi connectivity index (χ2n) is 11.8. The molecule has 0 fully saturated rings. The molecule has 0 bridgehead atoms. The van der Waals surface area contributed by atoms with Crippen LogP contribution in [0.3, 0.4) is 0 Å². The summed E-state index contributed by atoms with van der Waals surface area (Å²) in [4.78, 5) is 10.2. The number of pyridine rings is 1. The van der Waals surface area contributed by atoms with Gasteiger partial charge in [-0.25, -0.2) is 4.98 Å². The summed E-state index contributed by atoms with van der Waals surface area (Å²) < 4.78 is 10.6. The highest BCUT2D eigenvalue weighted by molar-refractivity contribution is 6.12.